The Hall–Kier alpha value is -2.60. The van der Waals surface area contributed by atoms with Crippen LogP contribution in [0.2, 0.25) is 0 Å². The molecule has 6 heteroatoms. The van der Waals surface area contributed by atoms with Gasteiger partial charge in [-0.25, -0.2) is 9.78 Å². The fourth-order valence-electron chi connectivity index (χ4n) is 3.81. The summed E-state index contributed by atoms with van der Waals surface area (Å²) in [5.41, 5.74) is 4.70. The van der Waals surface area contributed by atoms with Crippen molar-refractivity contribution in [1.29, 1.82) is 0 Å². The summed E-state index contributed by atoms with van der Waals surface area (Å²) < 4.78 is 0. The summed E-state index contributed by atoms with van der Waals surface area (Å²) in [6.45, 7) is 3.63. The van der Waals surface area contributed by atoms with Gasteiger partial charge >= 0.3 is 6.03 Å². The summed E-state index contributed by atoms with van der Waals surface area (Å²) in [6.07, 6.45) is 8.53. The molecule has 2 aliphatic heterocycles. The van der Waals surface area contributed by atoms with Crippen LogP contribution in [0.1, 0.15) is 10.6 Å². The Labute approximate surface area is 163 Å². The molecular weight excluding hydrogens is 356 g/mol. The first-order valence-electron chi connectivity index (χ1n) is 9.44. The summed E-state index contributed by atoms with van der Waals surface area (Å²) in [4.78, 5) is 24.5. The molecule has 0 saturated carbocycles. The molecule has 1 fully saturated rings. The van der Waals surface area contributed by atoms with Gasteiger partial charge in [0.2, 0.25) is 0 Å². The largest absolute Gasteiger partial charge is 0.371 e. The lowest BCUT2D eigenvalue weighted by atomic mass is 10.2. The van der Waals surface area contributed by atoms with Gasteiger partial charge in [-0.3, -0.25) is 4.90 Å². The maximum Gasteiger partial charge on any atom is 0.324 e. The second kappa shape index (κ2) is 6.53. The van der Waals surface area contributed by atoms with Crippen molar-refractivity contribution < 1.29 is 4.79 Å². The normalized spacial score (nSPS) is 19.1. The van der Waals surface area contributed by atoms with Crippen LogP contribution < -0.4 is 4.90 Å². The molecule has 1 aromatic heterocycles. The highest BCUT2D eigenvalue weighted by molar-refractivity contribution is 7.15. The molecule has 1 aromatic carbocycles. The van der Waals surface area contributed by atoms with Crippen molar-refractivity contribution in [3.63, 3.8) is 0 Å². The predicted molar refractivity (Wildman–Crippen MR) is 109 cm³/mol. The Morgan fingerprint density at radius 1 is 1.04 bits per heavy atom. The van der Waals surface area contributed by atoms with Crippen molar-refractivity contribution in [1.82, 2.24) is 14.8 Å². The number of anilines is 1. The number of hydrogen-bond donors (Lipinski definition) is 0. The topological polar surface area (TPSA) is 39.7 Å². The van der Waals surface area contributed by atoms with Gasteiger partial charge < -0.3 is 9.80 Å². The van der Waals surface area contributed by atoms with Gasteiger partial charge in [0.1, 0.15) is 5.01 Å². The van der Waals surface area contributed by atoms with Crippen molar-refractivity contribution in [2.24, 2.45) is 0 Å². The summed E-state index contributed by atoms with van der Waals surface area (Å²) in [6, 6.07) is 8.33. The van der Waals surface area contributed by atoms with E-state index in [0.717, 1.165) is 55.3 Å². The summed E-state index contributed by atoms with van der Waals surface area (Å²) in [5.74, 6) is 0. The van der Waals surface area contributed by atoms with Crippen LogP contribution in [0.15, 0.2) is 48.2 Å². The van der Waals surface area contributed by atoms with E-state index in [-0.39, 0.29) is 6.03 Å². The van der Waals surface area contributed by atoms with Gasteiger partial charge in [0.05, 0.1) is 5.69 Å². The molecule has 0 N–H and O–H groups in total. The molecule has 1 aliphatic carbocycles. The van der Waals surface area contributed by atoms with Gasteiger partial charge in [0.25, 0.3) is 0 Å². The average Bonchev–Trinajstić information content (AvgIpc) is 3.14. The maximum atomic E-state index is 12.2. The summed E-state index contributed by atoms with van der Waals surface area (Å²) in [7, 11) is 1.85. The number of benzene rings is 1. The molecule has 5 nitrogen and oxygen atoms in total. The molecule has 0 radical (unpaired) electrons. The Balaban J connectivity index is 1.32. The molecule has 2 amide bonds. The van der Waals surface area contributed by atoms with Gasteiger partial charge in [0.15, 0.2) is 0 Å². The number of rotatable bonds is 3. The third-order valence-electron chi connectivity index (χ3n) is 5.55. The van der Waals surface area contributed by atoms with Gasteiger partial charge in [-0.2, -0.15) is 0 Å². The maximum absolute atomic E-state index is 12.2. The number of amides is 2. The molecule has 3 aliphatic rings. The molecular formula is C21H22N4OS. The van der Waals surface area contributed by atoms with Crippen LogP contribution in [0, 0.1) is 0 Å². The Morgan fingerprint density at radius 2 is 1.81 bits per heavy atom. The van der Waals surface area contributed by atoms with Crippen molar-refractivity contribution >= 4 is 23.1 Å². The Kier molecular flexibility index (Phi) is 4.01. The van der Waals surface area contributed by atoms with Crippen LogP contribution in [0.4, 0.5) is 10.5 Å². The molecule has 27 heavy (non-hydrogen) atoms. The smallest absolute Gasteiger partial charge is 0.324 e. The van der Waals surface area contributed by atoms with Crippen LogP contribution in [-0.2, 0) is 12.8 Å². The number of carbonyl (C=O) groups is 1. The Morgan fingerprint density at radius 3 is 2.48 bits per heavy atom. The lowest BCUT2D eigenvalue weighted by molar-refractivity contribution is 0.229. The van der Waals surface area contributed by atoms with E-state index < -0.39 is 0 Å². The van der Waals surface area contributed by atoms with Crippen LogP contribution in [0.5, 0.6) is 0 Å². The summed E-state index contributed by atoms with van der Waals surface area (Å²) in [5, 5.41) is 1.09. The van der Waals surface area contributed by atoms with Crippen LogP contribution in [-0.4, -0.2) is 54.0 Å². The monoisotopic (exact) mass is 378 g/mol. The quantitative estimate of drug-likeness (QED) is 0.820. The lowest BCUT2D eigenvalue weighted by Crippen LogP contribution is -2.29. The molecule has 0 atom stereocenters. The number of aromatic nitrogens is 1. The number of carbonyl (C=O) groups excluding carboxylic acids is 1. The molecule has 1 saturated heterocycles. The van der Waals surface area contributed by atoms with Gasteiger partial charge in [-0.05, 0) is 36.4 Å². The van der Waals surface area contributed by atoms with E-state index in [4.69, 9.17) is 4.98 Å². The second-order valence-corrected chi connectivity index (χ2v) is 8.31. The number of nitrogens with zero attached hydrogens (tertiary/aromatic N) is 4. The Bertz CT molecular complexity index is 918. The van der Waals surface area contributed by atoms with Gasteiger partial charge in [0, 0.05) is 67.9 Å². The van der Waals surface area contributed by atoms with E-state index in [1.165, 1.54) is 16.3 Å². The van der Waals surface area contributed by atoms with Crippen molar-refractivity contribution in [3.8, 4) is 10.6 Å². The van der Waals surface area contributed by atoms with E-state index in [1.54, 1.807) is 4.90 Å². The fraction of sp³-hybridized carbons (Fsp3) is 0.333. The molecule has 0 bridgehead atoms. The number of allylic oxidation sites excluding steroid dienone is 3. The number of urea groups is 1. The molecule has 3 heterocycles. The van der Waals surface area contributed by atoms with Crippen molar-refractivity contribution in [3.05, 3.63) is 58.8 Å². The molecule has 5 rings (SSSR count). The number of fused-ring (bicyclic) bond motifs is 1. The van der Waals surface area contributed by atoms with E-state index in [9.17, 15) is 4.79 Å². The summed E-state index contributed by atoms with van der Waals surface area (Å²) >= 11 is 1.82. The number of thiazole rings is 1. The minimum atomic E-state index is 0.0738. The van der Waals surface area contributed by atoms with Crippen molar-refractivity contribution in [2.45, 2.75) is 12.8 Å². The van der Waals surface area contributed by atoms with E-state index in [2.05, 4.69) is 35.3 Å². The average molecular weight is 379 g/mol. The zero-order chi connectivity index (χ0) is 18.4. The van der Waals surface area contributed by atoms with E-state index in [1.807, 2.05) is 35.4 Å². The second-order valence-electron chi connectivity index (χ2n) is 7.23. The molecule has 0 unspecified atom stereocenters. The van der Waals surface area contributed by atoms with Crippen LogP contribution in [0.25, 0.3) is 10.6 Å². The first-order chi connectivity index (χ1) is 13.2. The molecule has 0 spiro atoms. The first kappa shape index (κ1) is 16.6. The minimum absolute atomic E-state index is 0.0738. The lowest BCUT2D eigenvalue weighted by Gasteiger charge is -2.26. The predicted octanol–water partition coefficient (Wildman–Crippen LogP) is 3.54. The number of hydrogen-bond acceptors (Lipinski definition) is 4. The fourth-order valence-corrected chi connectivity index (χ4v) is 4.91. The zero-order valence-corrected chi connectivity index (χ0v) is 16.2. The van der Waals surface area contributed by atoms with Crippen LogP contribution in [0.3, 0.4) is 0 Å². The standard InChI is InChI=1S/C21H22N4OS/c1-23-13-14-25(21(23)26)17-7-5-15(6-8-17)20-22-18-9-11-24(16-3-2-4-16)12-10-19(18)27-20/h2-8H,9-14H2,1H3. The third-order valence-corrected chi connectivity index (χ3v) is 6.75. The third kappa shape index (κ3) is 2.94. The van der Waals surface area contributed by atoms with E-state index >= 15 is 0 Å². The first-order valence-corrected chi connectivity index (χ1v) is 10.3. The minimum Gasteiger partial charge on any atom is -0.371 e. The number of likely N-dealkylation sites (N-methyl/N-ethyl adjacent to an activating group) is 1. The van der Waals surface area contributed by atoms with Gasteiger partial charge in [-0.1, -0.05) is 6.08 Å². The highest BCUT2D eigenvalue weighted by Crippen LogP contribution is 2.32. The van der Waals surface area contributed by atoms with Crippen LogP contribution >= 0.6 is 11.3 Å². The molecule has 2 aromatic rings. The highest BCUT2D eigenvalue weighted by atomic mass is 32.1. The zero-order valence-electron chi connectivity index (χ0n) is 15.4. The SMILES string of the molecule is CN1CCN(c2ccc(-c3nc4c(s3)CCN(C3=CC=C3)CC4)cc2)C1=O. The van der Waals surface area contributed by atoms with Crippen molar-refractivity contribution in [2.75, 3.05) is 38.1 Å². The van der Waals surface area contributed by atoms with E-state index in [0.29, 0.717) is 0 Å². The highest BCUT2D eigenvalue weighted by Gasteiger charge is 2.26. The molecule has 138 valence electrons. The van der Waals surface area contributed by atoms with Gasteiger partial charge in [-0.15, -0.1) is 11.3 Å².